The molecule has 2 aromatic carbocycles. The second-order valence-corrected chi connectivity index (χ2v) is 9.81. The predicted molar refractivity (Wildman–Crippen MR) is 159 cm³/mol. The Morgan fingerprint density at radius 3 is 2.66 bits per heavy atom. The van der Waals surface area contributed by atoms with Crippen LogP contribution < -0.4 is 25.5 Å². The molecule has 44 heavy (non-hydrogen) atoms. The van der Waals surface area contributed by atoms with Crippen LogP contribution in [0.3, 0.4) is 0 Å². The van der Waals surface area contributed by atoms with E-state index in [2.05, 4.69) is 21.2 Å². The molecule has 3 aromatic rings. The van der Waals surface area contributed by atoms with E-state index in [1.54, 1.807) is 58.0 Å². The number of aliphatic hydroxyl groups is 1. The van der Waals surface area contributed by atoms with Crippen molar-refractivity contribution in [3.63, 3.8) is 0 Å². The van der Waals surface area contributed by atoms with Crippen molar-refractivity contribution in [2.24, 2.45) is 5.10 Å². The third-order valence-electron chi connectivity index (χ3n) is 6.84. The molecule has 0 saturated carbocycles. The number of ether oxygens (including phenoxy) is 3. The SMILES string of the molecule is CCOc1cc([C@@H]2NC(=O)NC(C)=C2C(=O)OC)ccc1OC[C@@H](O)N/N=C/c1ccc(-c2cc(C)c(C)c([N+](=O)[O-])c2)o1. The number of rotatable bonds is 12. The van der Waals surface area contributed by atoms with E-state index >= 15 is 0 Å². The molecule has 232 valence electrons. The second-order valence-electron chi connectivity index (χ2n) is 9.81. The number of furan rings is 1. The van der Waals surface area contributed by atoms with Crippen LogP contribution in [-0.4, -0.2) is 54.8 Å². The molecule has 0 fully saturated rings. The molecule has 0 spiro atoms. The minimum Gasteiger partial charge on any atom is -0.490 e. The van der Waals surface area contributed by atoms with Gasteiger partial charge in [-0.15, -0.1) is 0 Å². The Kier molecular flexibility index (Phi) is 9.85. The number of amides is 2. The van der Waals surface area contributed by atoms with Gasteiger partial charge in [0.2, 0.25) is 0 Å². The topological polar surface area (TPSA) is 187 Å². The van der Waals surface area contributed by atoms with Gasteiger partial charge in [-0.05, 0) is 69.2 Å². The van der Waals surface area contributed by atoms with Crippen molar-refractivity contribution in [1.29, 1.82) is 0 Å². The van der Waals surface area contributed by atoms with Crippen molar-refractivity contribution >= 4 is 23.9 Å². The van der Waals surface area contributed by atoms with Crippen LogP contribution in [0.4, 0.5) is 10.5 Å². The number of benzene rings is 2. The Bertz CT molecular complexity index is 1630. The number of urea groups is 1. The lowest BCUT2D eigenvalue weighted by Gasteiger charge is -2.28. The monoisotopic (exact) mass is 607 g/mol. The second kappa shape index (κ2) is 13.7. The Balaban J connectivity index is 1.40. The number of nitrogens with zero attached hydrogens (tertiary/aromatic N) is 2. The largest absolute Gasteiger partial charge is 0.490 e. The zero-order valence-corrected chi connectivity index (χ0v) is 24.8. The van der Waals surface area contributed by atoms with E-state index in [1.165, 1.54) is 19.4 Å². The van der Waals surface area contributed by atoms with Crippen LogP contribution in [0.1, 0.15) is 42.3 Å². The average molecular weight is 608 g/mol. The van der Waals surface area contributed by atoms with Crippen LogP contribution in [0, 0.1) is 24.0 Å². The number of nitro groups is 1. The maximum atomic E-state index is 12.4. The first-order chi connectivity index (χ1) is 21.0. The molecule has 4 N–H and O–H groups in total. The van der Waals surface area contributed by atoms with Crippen LogP contribution in [-0.2, 0) is 9.53 Å². The molecule has 14 heteroatoms. The maximum absolute atomic E-state index is 12.4. The number of esters is 1. The van der Waals surface area contributed by atoms with Crippen LogP contribution in [0.15, 0.2) is 63.3 Å². The summed E-state index contributed by atoms with van der Waals surface area (Å²) in [4.78, 5) is 35.5. The fourth-order valence-electron chi connectivity index (χ4n) is 4.56. The van der Waals surface area contributed by atoms with E-state index in [1.807, 2.05) is 6.07 Å². The molecule has 1 aliphatic heterocycles. The highest BCUT2D eigenvalue weighted by Crippen LogP contribution is 2.35. The van der Waals surface area contributed by atoms with Crippen LogP contribution in [0.5, 0.6) is 11.5 Å². The summed E-state index contributed by atoms with van der Waals surface area (Å²) in [5.41, 5.74) is 5.65. The summed E-state index contributed by atoms with van der Waals surface area (Å²) < 4.78 is 22.1. The number of allylic oxidation sites excluding steroid dienone is 1. The normalized spacial score (nSPS) is 15.4. The molecule has 4 rings (SSSR count). The summed E-state index contributed by atoms with van der Waals surface area (Å²) in [7, 11) is 1.26. The smallest absolute Gasteiger partial charge is 0.337 e. The van der Waals surface area contributed by atoms with E-state index in [9.17, 15) is 24.8 Å². The lowest BCUT2D eigenvalue weighted by atomic mass is 9.95. The molecular formula is C30H33N5O9. The number of aliphatic hydroxyl groups excluding tert-OH is 1. The van der Waals surface area contributed by atoms with Crippen molar-refractivity contribution in [3.8, 4) is 22.8 Å². The number of methoxy groups -OCH3 is 1. The summed E-state index contributed by atoms with van der Waals surface area (Å²) in [6.07, 6.45) is 0.141. The highest BCUT2D eigenvalue weighted by Gasteiger charge is 2.32. The minimum atomic E-state index is -1.21. The van der Waals surface area contributed by atoms with E-state index in [4.69, 9.17) is 18.6 Å². The molecular weight excluding hydrogens is 574 g/mol. The summed E-state index contributed by atoms with van der Waals surface area (Å²) in [5, 5.41) is 31.0. The zero-order valence-electron chi connectivity index (χ0n) is 24.8. The van der Waals surface area contributed by atoms with Gasteiger partial charge in [-0.3, -0.25) is 15.5 Å². The predicted octanol–water partition coefficient (Wildman–Crippen LogP) is 3.99. The highest BCUT2D eigenvalue weighted by atomic mass is 16.6. The van der Waals surface area contributed by atoms with Crippen LogP contribution in [0.25, 0.3) is 11.3 Å². The molecule has 0 aliphatic carbocycles. The Morgan fingerprint density at radius 2 is 1.95 bits per heavy atom. The Hall–Kier alpha value is -5.37. The molecule has 0 bridgehead atoms. The third kappa shape index (κ3) is 7.15. The molecule has 2 atom stereocenters. The molecule has 1 aliphatic rings. The van der Waals surface area contributed by atoms with Crippen molar-refractivity contribution in [3.05, 3.63) is 86.3 Å². The van der Waals surface area contributed by atoms with Gasteiger partial charge in [0.25, 0.3) is 5.69 Å². The van der Waals surface area contributed by atoms with Gasteiger partial charge in [0.05, 0.1) is 36.5 Å². The Labute approximate surface area is 252 Å². The van der Waals surface area contributed by atoms with Crippen LogP contribution >= 0.6 is 0 Å². The summed E-state index contributed by atoms with van der Waals surface area (Å²) in [6.45, 7) is 6.99. The van der Waals surface area contributed by atoms with Crippen molar-refractivity contribution in [2.45, 2.75) is 40.0 Å². The number of hydrogen-bond donors (Lipinski definition) is 4. The first-order valence-electron chi connectivity index (χ1n) is 13.6. The van der Waals surface area contributed by atoms with E-state index < -0.39 is 29.2 Å². The molecule has 1 aromatic heterocycles. The highest BCUT2D eigenvalue weighted by molar-refractivity contribution is 5.95. The van der Waals surface area contributed by atoms with Crippen molar-refractivity contribution in [2.75, 3.05) is 20.3 Å². The first kappa shape index (κ1) is 31.6. The number of carbonyl (C=O) groups is 2. The molecule has 0 saturated heterocycles. The third-order valence-corrected chi connectivity index (χ3v) is 6.84. The van der Waals surface area contributed by atoms with Gasteiger partial charge in [-0.1, -0.05) is 6.07 Å². The maximum Gasteiger partial charge on any atom is 0.337 e. The van der Waals surface area contributed by atoms with Gasteiger partial charge in [-0.25, -0.2) is 9.59 Å². The van der Waals surface area contributed by atoms with Gasteiger partial charge in [-0.2, -0.15) is 5.10 Å². The van der Waals surface area contributed by atoms with Crippen LogP contribution in [0.2, 0.25) is 0 Å². The number of carbonyl (C=O) groups excluding carboxylic acids is 2. The summed E-state index contributed by atoms with van der Waals surface area (Å²) in [6, 6.07) is 10.3. The van der Waals surface area contributed by atoms with E-state index in [-0.39, 0.29) is 17.9 Å². The minimum absolute atomic E-state index is 0.00877. The fourth-order valence-corrected chi connectivity index (χ4v) is 4.56. The Morgan fingerprint density at radius 1 is 1.18 bits per heavy atom. The standard InChI is InChI=1S/C30H33N5O9/c1-6-42-25-13-19(28-27(29(37)41-5)18(4)32-30(38)33-28)7-9-24(25)43-15-26(36)34-31-14-21-8-10-23(44-21)20-11-16(2)17(3)22(12-20)35(39)40/h7-14,26,28,34,36H,6,15H2,1-5H3,(H2,32,33,38)/b31-14+/t26-,28+/m1/s1. The molecule has 0 unspecified atom stereocenters. The fraction of sp³-hybridized carbons (Fsp3) is 0.300. The molecule has 0 radical (unpaired) electrons. The number of nitrogens with one attached hydrogen (secondary N) is 3. The van der Waals surface area contributed by atoms with Gasteiger partial charge in [0.15, 0.2) is 17.7 Å². The number of hydrazone groups is 1. The summed E-state index contributed by atoms with van der Waals surface area (Å²) >= 11 is 0. The van der Waals surface area contributed by atoms with Gasteiger partial charge < -0.3 is 34.4 Å². The quantitative estimate of drug-likeness (QED) is 0.0771. The number of nitro benzene ring substituents is 1. The number of hydrogen-bond acceptors (Lipinski definition) is 11. The van der Waals surface area contributed by atoms with E-state index in [0.29, 0.717) is 52.0 Å². The zero-order chi connectivity index (χ0) is 32.0. The first-order valence-corrected chi connectivity index (χ1v) is 13.6. The summed E-state index contributed by atoms with van der Waals surface area (Å²) in [5.74, 6) is 0.857. The average Bonchev–Trinajstić information content (AvgIpc) is 3.46. The molecule has 2 heterocycles. The number of aryl methyl sites for hydroxylation is 1. The lowest BCUT2D eigenvalue weighted by molar-refractivity contribution is -0.385. The van der Waals surface area contributed by atoms with Gasteiger partial charge in [0, 0.05) is 22.9 Å². The van der Waals surface area contributed by atoms with Crippen molar-refractivity contribution in [1.82, 2.24) is 16.1 Å². The molecule has 2 amide bonds. The lowest BCUT2D eigenvalue weighted by Crippen LogP contribution is -2.45. The van der Waals surface area contributed by atoms with Gasteiger partial charge >= 0.3 is 12.0 Å². The van der Waals surface area contributed by atoms with Crippen molar-refractivity contribution < 1.29 is 38.2 Å². The van der Waals surface area contributed by atoms with Gasteiger partial charge in [0.1, 0.15) is 18.1 Å². The molecule has 14 nitrogen and oxygen atoms in total. The van der Waals surface area contributed by atoms with E-state index in [0.717, 1.165) is 5.56 Å².